The molecular formula is C14H19Cl2NO2. The summed E-state index contributed by atoms with van der Waals surface area (Å²) in [5.41, 5.74) is 1.02. The Labute approximate surface area is 124 Å². The van der Waals surface area contributed by atoms with E-state index in [9.17, 15) is 4.79 Å². The quantitative estimate of drug-likeness (QED) is 0.749. The average Bonchev–Trinajstić information content (AvgIpc) is 2.33. The zero-order valence-electron chi connectivity index (χ0n) is 11.5. The van der Waals surface area contributed by atoms with Crippen molar-refractivity contribution in [1.82, 2.24) is 4.90 Å². The first-order valence-corrected chi connectivity index (χ1v) is 7.03. The summed E-state index contributed by atoms with van der Waals surface area (Å²) >= 11 is 11.9. The van der Waals surface area contributed by atoms with Crippen molar-refractivity contribution < 1.29 is 9.53 Å². The Kier molecular flexibility index (Phi) is 6.63. The van der Waals surface area contributed by atoms with Crippen molar-refractivity contribution in [3.63, 3.8) is 0 Å². The monoisotopic (exact) mass is 303 g/mol. The van der Waals surface area contributed by atoms with Crippen molar-refractivity contribution >= 4 is 29.2 Å². The number of rotatable bonds is 6. The van der Waals surface area contributed by atoms with E-state index in [1.165, 1.54) is 0 Å². The van der Waals surface area contributed by atoms with Gasteiger partial charge < -0.3 is 4.74 Å². The fraction of sp³-hybridized carbons (Fsp3) is 0.500. The van der Waals surface area contributed by atoms with Gasteiger partial charge in [-0.15, -0.1) is 0 Å². The molecule has 0 aromatic heterocycles. The number of carbonyl (C=O) groups excluding carboxylic acids is 1. The molecule has 0 saturated heterocycles. The van der Waals surface area contributed by atoms with Gasteiger partial charge in [0.1, 0.15) is 0 Å². The molecule has 1 aromatic rings. The van der Waals surface area contributed by atoms with E-state index in [1.807, 2.05) is 30.9 Å². The number of hydrogen-bond acceptors (Lipinski definition) is 3. The lowest BCUT2D eigenvalue weighted by molar-refractivity contribution is -0.145. The summed E-state index contributed by atoms with van der Waals surface area (Å²) in [6.45, 7) is 7.18. The van der Waals surface area contributed by atoms with E-state index < -0.39 is 0 Å². The first-order chi connectivity index (χ1) is 8.93. The molecule has 0 aliphatic carbocycles. The molecule has 0 unspecified atom stereocenters. The molecular weight excluding hydrogens is 285 g/mol. The zero-order chi connectivity index (χ0) is 14.4. The maximum absolute atomic E-state index is 11.6. The van der Waals surface area contributed by atoms with Crippen LogP contribution in [0.2, 0.25) is 10.0 Å². The molecule has 0 saturated carbocycles. The first kappa shape index (κ1) is 16.3. The smallest absolute Gasteiger partial charge is 0.320 e. The van der Waals surface area contributed by atoms with Gasteiger partial charge in [0.2, 0.25) is 0 Å². The predicted octanol–water partition coefficient (Wildman–Crippen LogP) is 3.77. The Balaban J connectivity index is 2.72. The van der Waals surface area contributed by atoms with E-state index in [4.69, 9.17) is 27.9 Å². The van der Waals surface area contributed by atoms with Gasteiger partial charge in [-0.25, -0.2) is 0 Å². The summed E-state index contributed by atoms with van der Waals surface area (Å²) < 4.78 is 4.98. The maximum Gasteiger partial charge on any atom is 0.320 e. The lowest BCUT2D eigenvalue weighted by atomic mass is 10.2. The van der Waals surface area contributed by atoms with E-state index in [0.29, 0.717) is 23.2 Å². The van der Waals surface area contributed by atoms with Crippen LogP contribution >= 0.6 is 23.2 Å². The molecule has 19 heavy (non-hydrogen) atoms. The molecule has 1 aromatic carbocycles. The highest BCUT2D eigenvalue weighted by atomic mass is 35.5. The standard InChI is InChI=1S/C14H19Cl2NO2/c1-4-19-14(18)9-17(10(2)3)8-11-5-6-12(15)13(16)7-11/h5-7,10H,4,8-9H2,1-3H3. The van der Waals surface area contributed by atoms with E-state index >= 15 is 0 Å². The van der Waals surface area contributed by atoms with Crippen LogP contribution in [-0.2, 0) is 16.1 Å². The Hall–Kier alpha value is -0.770. The summed E-state index contributed by atoms with van der Waals surface area (Å²) in [4.78, 5) is 13.6. The maximum atomic E-state index is 11.6. The van der Waals surface area contributed by atoms with Crippen LogP contribution in [0, 0.1) is 0 Å². The molecule has 0 spiro atoms. The van der Waals surface area contributed by atoms with Gasteiger partial charge in [-0.3, -0.25) is 9.69 Å². The third-order valence-corrected chi connectivity index (χ3v) is 3.48. The molecule has 0 N–H and O–H groups in total. The van der Waals surface area contributed by atoms with Crippen LogP contribution in [0.3, 0.4) is 0 Å². The molecule has 0 atom stereocenters. The Bertz CT molecular complexity index is 435. The van der Waals surface area contributed by atoms with Crippen molar-refractivity contribution in [2.24, 2.45) is 0 Å². The molecule has 0 amide bonds. The number of halogens is 2. The van der Waals surface area contributed by atoms with Crippen LogP contribution in [0.1, 0.15) is 26.3 Å². The molecule has 0 aliphatic heterocycles. The Morgan fingerprint density at radius 3 is 2.53 bits per heavy atom. The summed E-state index contributed by atoms with van der Waals surface area (Å²) in [5.74, 6) is -0.212. The summed E-state index contributed by atoms with van der Waals surface area (Å²) in [6.07, 6.45) is 0. The second kappa shape index (κ2) is 7.73. The number of benzene rings is 1. The molecule has 1 rings (SSSR count). The van der Waals surface area contributed by atoms with Crippen LogP contribution < -0.4 is 0 Å². The van der Waals surface area contributed by atoms with Gasteiger partial charge in [0.15, 0.2) is 0 Å². The Morgan fingerprint density at radius 1 is 1.32 bits per heavy atom. The highest BCUT2D eigenvalue weighted by Gasteiger charge is 2.15. The van der Waals surface area contributed by atoms with Gasteiger partial charge in [-0.1, -0.05) is 29.3 Å². The predicted molar refractivity (Wildman–Crippen MR) is 78.6 cm³/mol. The number of carbonyl (C=O) groups is 1. The van der Waals surface area contributed by atoms with E-state index in [2.05, 4.69) is 0 Å². The average molecular weight is 304 g/mol. The lowest BCUT2D eigenvalue weighted by Gasteiger charge is -2.25. The highest BCUT2D eigenvalue weighted by molar-refractivity contribution is 6.42. The molecule has 0 aliphatic rings. The number of nitrogens with zero attached hydrogens (tertiary/aromatic N) is 1. The number of esters is 1. The largest absolute Gasteiger partial charge is 0.465 e. The van der Waals surface area contributed by atoms with Gasteiger partial charge in [0.05, 0.1) is 23.2 Å². The minimum atomic E-state index is -0.212. The van der Waals surface area contributed by atoms with Gasteiger partial charge in [0.25, 0.3) is 0 Å². The van der Waals surface area contributed by atoms with E-state index in [0.717, 1.165) is 5.56 Å². The second-order valence-electron chi connectivity index (χ2n) is 4.55. The normalized spacial score (nSPS) is 11.1. The zero-order valence-corrected chi connectivity index (χ0v) is 13.0. The van der Waals surface area contributed by atoms with Crippen molar-refractivity contribution in [2.75, 3.05) is 13.2 Å². The molecule has 5 heteroatoms. The topological polar surface area (TPSA) is 29.5 Å². The van der Waals surface area contributed by atoms with Gasteiger partial charge in [-0.2, -0.15) is 0 Å². The molecule has 106 valence electrons. The van der Waals surface area contributed by atoms with Crippen LogP contribution in [-0.4, -0.2) is 30.1 Å². The fourth-order valence-corrected chi connectivity index (χ4v) is 1.99. The lowest BCUT2D eigenvalue weighted by Crippen LogP contribution is -2.36. The summed E-state index contributed by atoms with van der Waals surface area (Å²) in [7, 11) is 0. The first-order valence-electron chi connectivity index (χ1n) is 6.27. The van der Waals surface area contributed by atoms with Crippen molar-refractivity contribution in [1.29, 1.82) is 0 Å². The van der Waals surface area contributed by atoms with E-state index in [1.54, 1.807) is 13.0 Å². The minimum absolute atomic E-state index is 0.212. The van der Waals surface area contributed by atoms with E-state index in [-0.39, 0.29) is 18.6 Å². The van der Waals surface area contributed by atoms with Crippen LogP contribution in [0.4, 0.5) is 0 Å². The molecule has 0 heterocycles. The molecule has 0 bridgehead atoms. The van der Waals surface area contributed by atoms with Crippen LogP contribution in [0.5, 0.6) is 0 Å². The van der Waals surface area contributed by atoms with Gasteiger partial charge >= 0.3 is 5.97 Å². The molecule has 0 fully saturated rings. The summed E-state index contributed by atoms with van der Waals surface area (Å²) in [5, 5.41) is 1.06. The Morgan fingerprint density at radius 2 is 2.00 bits per heavy atom. The SMILES string of the molecule is CCOC(=O)CN(Cc1ccc(Cl)c(Cl)c1)C(C)C. The van der Waals surface area contributed by atoms with Crippen LogP contribution in [0.25, 0.3) is 0 Å². The highest BCUT2D eigenvalue weighted by Crippen LogP contribution is 2.23. The minimum Gasteiger partial charge on any atom is -0.465 e. The fourth-order valence-electron chi connectivity index (χ4n) is 1.67. The van der Waals surface area contributed by atoms with Gasteiger partial charge in [-0.05, 0) is 38.5 Å². The second-order valence-corrected chi connectivity index (χ2v) is 5.37. The third kappa shape index (κ3) is 5.39. The third-order valence-electron chi connectivity index (χ3n) is 2.74. The van der Waals surface area contributed by atoms with Crippen molar-refractivity contribution in [3.8, 4) is 0 Å². The molecule has 3 nitrogen and oxygen atoms in total. The van der Waals surface area contributed by atoms with Crippen molar-refractivity contribution in [2.45, 2.75) is 33.4 Å². The number of ether oxygens (including phenoxy) is 1. The van der Waals surface area contributed by atoms with Gasteiger partial charge in [0, 0.05) is 12.6 Å². The van der Waals surface area contributed by atoms with Crippen molar-refractivity contribution in [3.05, 3.63) is 33.8 Å². The summed E-state index contributed by atoms with van der Waals surface area (Å²) in [6, 6.07) is 5.74. The number of hydrogen-bond donors (Lipinski definition) is 0. The van der Waals surface area contributed by atoms with Crippen LogP contribution in [0.15, 0.2) is 18.2 Å². The molecule has 0 radical (unpaired) electrons.